The molecule has 0 unspecified atom stereocenters. The van der Waals surface area contributed by atoms with E-state index in [-0.39, 0.29) is 6.04 Å². The zero-order valence-corrected chi connectivity index (χ0v) is 14.7. The number of nitrogens with one attached hydrogen (secondary N) is 1. The molecule has 0 amide bonds. The number of rotatable bonds is 6. The molecule has 1 atom stereocenters. The van der Waals surface area contributed by atoms with Crippen molar-refractivity contribution in [3.8, 4) is 11.4 Å². The lowest BCUT2D eigenvalue weighted by Gasteiger charge is -2.16. The van der Waals surface area contributed by atoms with Crippen molar-refractivity contribution < 1.29 is 0 Å². The van der Waals surface area contributed by atoms with Gasteiger partial charge in [0.1, 0.15) is 0 Å². The maximum Gasteiger partial charge on any atom is 0.204 e. The van der Waals surface area contributed by atoms with E-state index in [9.17, 15) is 0 Å². The standard InChI is InChI=1S/C21H21N5/c1-22-14-13-20(19-12-11-16-7-5-6-10-18(16)15-19)26-24-21(23-25-26)17-8-3-2-4-9-17/h2-12,15,20,22H,13-14H2,1H3/t20-/m0/s1. The van der Waals surface area contributed by atoms with Crippen LogP contribution in [0.2, 0.25) is 0 Å². The van der Waals surface area contributed by atoms with Gasteiger partial charge in [-0.25, -0.2) is 0 Å². The molecule has 4 rings (SSSR count). The fraction of sp³-hybridized carbons (Fsp3) is 0.190. The van der Waals surface area contributed by atoms with Gasteiger partial charge in [0, 0.05) is 5.56 Å². The van der Waals surface area contributed by atoms with Gasteiger partial charge in [-0.05, 0) is 47.6 Å². The molecule has 130 valence electrons. The molecule has 26 heavy (non-hydrogen) atoms. The molecule has 0 fully saturated rings. The lowest BCUT2D eigenvalue weighted by molar-refractivity contribution is 0.422. The maximum absolute atomic E-state index is 4.66. The molecule has 0 spiro atoms. The van der Waals surface area contributed by atoms with Crippen LogP contribution in [0, 0.1) is 0 Å². The summed E-state index contributed by atoms with van der Waals surface area (Å²) < 4.78 is 0. The monoisotopic (exact) mass is 343 g/mol. The first-order valence-electron chi connectivity index (χ1n) is 8.83. The zero-order chi connectivity index (χ0) is 17.8. The molecule has 5 heteroatoms. The Morgan fingerprint density at radius 1 is 0.923 bits per heavy atom. The van der Waals surface area contributed by atoms with E-state index in [4.69, 9.17) is 0 Å². The van der Waals surface area contributed by atoms with Crippen LogP contribution in [-0.4, -0.2) is 33.8 Å². The Morgan fingerprint density at radius 3 is 2.50 bits per heavy atom. The van der Waals surface area contributed by atoms with Gasteiger partial charge in [-0.3, -0.25) is 0 Å². The Labute approximate surface area is 152 Å². The number of nitrogens with zero attached hydrogens (tertiary/aromatic N) is 4. The van der Waals surface area contributed by atoms with Crippen LogP contribution in [0.4, 0.5) is 0 Å². The number of tetrazole rings is 1. The van der Waals surface area contributed by atoms with Gasteiger partial charge in [0.05, 0.1) is 6.04 Å². The molecule has 1 N–H and O–H groups in total. The van der Waals surface area contributed by atoms with Crippen LogP contribution >= 0.6 is 0 Å². The van der Waals surface area contributed by atoms with Crippen molar-refractivity contribution in [1.82, 2.24) is 25.5 Å². The summed E-state index contributed by atoms with van der Waals surface area (Å²) in [4.78, 5) is 1.74. The molecule has 0 saturated carbocycles. The number of hydrogen-bond donors (Lipinski definition) is 1. The topological polar surface area (TPSA) is 55.6 Å². The van der Waals surface area contributed by atoms with E-state index in [1.807, 2.05) is 37.4 Å². The maximum atomic E-state index is 4.66. The van der Waals surface area contributed by atoms with E-state index in [2.05, 4.69) is 63.2 Å². The zero-order valence-electron chi connectivity index (χ0n) is 14.7. The number of fused-ring (bicyclic) bond motifs is 1. The van der Waals surface area contributed by atoms with Gasteiger partial charge in [-0.1, -0.05) is 66.7 Å². The van der Waals surface area contributed by atoms with Crippen LogP contribution in [0.1, 0.15) is 18.0 Å². The van der Waals surface area contributed by atoms with Gasteiger partial charge < -0.3 is 5.32 Å². The van der Waals surface area contributed by atoms with Crippen LogP contribution in [-0.2, 0) is 0 Å². The second-order valence-electron chi connectivity index (χ2n) is 6.31. The van der Waals surface area contributed by atoms with Crippen molar-refractivity contribution in [2.75, 3.05) is 13.6 Å². The molecule has 5 nitrogen and oxygen atoms in total. The third-order valence-corrected chi connectivity index (χ3v) is 4.57. The summed E-state index contributed by atoms with van der Waals surface area (Å²) in [6, 6.07) is 24.9. The molecular formula is C21H21N5. The average Bonchev–Trinajstić information content (AvgIpc) is 3.19. The quantitative estimate of drug-likeness (QED) is 0.580. The highest BCUT2D eigenvalue weighted by atomic mass is 15.6. The number of hydrogen-bond acceptors (Lipinski definition) is 4. The predicted octanol–water partition coefficient (Wildman–Crippen LogP) is 3.69. The molecule has 4 aromatic rings. The van der Waals surface area contributed by atoms with Crippen LogP contribution in [0.3, 0.4) is 0 Å². The lowest BCUT2D eigenvalue weighted by Crippen LogP contribution is -2.20. The first-order chi connectivity index (χ1) is 12.8. The Morgan fingerprint density at radius 2 is 1.69 bits per heavy atom. The smallest absolute Gasteiger partial charge is 0.204 e. The van der Waals surface area contributed by atoms with E-state index in [1.54, 1.807) is 4.80 Å². The van der Waals surface area contributed by atoms with Crippen molar-refractivity contribution in [2.45, 2.75) is 12.5 Å². The summed E-state index contributed by atoms with van der Waals surface area (Å²) in [5, 5.41) is 19.0. The van der Waals surface area contributed by atoms with Crippen molar-refractivity contribution in [3.63, 3.8) is 0 Å². The summed E-state index contributed by atoms with van der Waals surface area (Å²) >= 11 is 0. The highest BCUT2D eigenvalue weighted by Gasteiger charge is 2.18. The van der Waals surface area contributed by atoms with Crippen molar-refractivity contribution in [1.29, 1.82) is 0 Å². The second-order valence-corrected chi connectivity index (χ2v) is 6.31. The minimum Gasteiger partial charge on any atom is -0.320 e. The van der Waals surface area contributed by atoms with Crippen molar-refractivity contribution >= 4 is 10.8 Å². The predicted molar refractivity (Wildman–Crippen MR) is 104 cm³/mol. The molecule has 0 bridgehead atoms. The summed E-state index contributed by atoms with van der Waals surface area (Å²) in [6.07, 6.45) is 0.888. The molecule has 3 aromatic carbocycles. The molecule has 0 aliphatic rings. The molecule has 0 aliphatic heterocycles. The van der Waals surface area contributed by atoms with E-state index < -0.39 is 0 Å². The fourth-order valence-electron chi connectivity index (χ4n) is 3.17. The molecular weight excluding hydrogens is 322 g/mol. The van der Waals surface area contributed by atoms with Gasteiger partial charge in [0.2, 0.25) is 5.82 Å². The van der Waals surface area contributed by atoms with Gasteiger partial charge >= 0.3 is 0 Å². The average molecular weight is 343 g/mol. The van der Waals surface area contributed by atoms with Gasteiger partial charge in [0.25, 0.3) is 0 Å². The first kappa shape index (κ1) is 16.4. The van der Waals surface area contributed by atoms with E-state index in [0.717, 1.165) is 18.5 Å². The summed E-state index contributed by atoms with van der Waals surface area (Å²) in [7, 11) is 1.96. The highest BCUT2D eigenvalue weighted by molar-refractivity contribution is 5.83. The van der Waals surface area contributed by atoms with Gasteiger partial charge in [-0.2, -0.15) is 4.80 Å². The third-order valence-electron chi connectivity index (χ3n) is 4.57. The fourth-order valence-corrected chi connectivity index (χ4v) is 3.17. The van der Waals surface area contributed by atoms with E-state index in [0.29, 0.717) is 5.82 Å². The van der Waals surface area contributed by atoms with E-state index >= 15 is 0 Å². The first-order valence-corrected chi connectivity index (χ1v) is 8.83. The summed E-state index contributed by atoms with van der Waals surface area (Å²) in [5.74, 6) is 0.654. The molecule has 1 heterocycles. The van der Waals surface area contributed by atoms with Crippen molar-refractivity contribution in [3.05, 3.63) is 78.4 Å². The van der Waals surface area contributed by atoms with Crippen LogP contribution in [0.15, 0.2) is 72.8 Å². The Balaban J connectivity index is 1.71. The molecule has 1 aromatic heterocycles. The normalized spacial score (nSPS) is 12.3. The SMILES string of the molecule is CNCC[C@@H](c1ccc2ccccc2c1)n1nnc(-c2ccccc2)n1. The Hall–Kier alpha value is -3.05. The van der Waals surface area contributed by atoms with Crippen LogP contribution in [0.25, 0.3) is 22.2 Å². The second kappa shape index (κ2) is 7.45. The third kappa shape index (κ3) is 3.34. The highest BCUT2D eigenvalue weighted by Crippen LogP contribution is 2.25. The molecule has 0 saturated heterocycles. The van der Waals surface area contributed by atoms with Crippen LogP contribution < -0.4 is 5.32 Å². The van der Waals surface area contributed by atoms with Crippen molar-refractivity contribution in [2.24, 2.45) is 0 Å². The minimum absolute atomic E-state index is 0.0389. The van der Waals surface area contributed by atoms with Gasteiger partial charge in [-0.15, -0.1) is 10.2 Å². The minimum atomic E-state index is 0.0389. The van der Waals surface area contributed by atoms with Gasteiger partial charge in [0.15, 0.2) is 0 Å². The molecule has 0 aliphatic carbocycles. The Kier molecular flexibility index (Phi) is 4.71. The lowest BCUT2D eigenvalue weighted by atomic mass is 10.00. The summed E-state index contributed by atoms with van der Waals surface area (Å²) in [6.45, 7) is 0.875. The van der Waals surface area contributed by atoms with Crippen LogP contribution in [0.5, 0.6) is 0 Å². The largest absolute Gasteiger partial charge is 0.320 e. The van der Waals surface area contributed by atoms with E-state index in [1.165, 1.54) is 16.3 Å². The molecule has 0 radical (unpaired) electrons. The summed E-state index contributed by atoms with van der Waals surface area (Å²) in [5.41, 5.74) is 2.17. The number of benzene rings is 3. The Bertz CT molecular complexity index is 993. The number of aromatic nitrogens is 4.